The van der Waals surface area contributed by atoms with E-state index < -0.39 is 0 Å². The van der Waals surface area contributed by atoms with Gasteiger partial charge in [0, 0.05) is 36.2 Å². The molecule has 0 bridgehead atoms. The van der Waals surface area contributed by atoms with Crippen molar-refractivity contribution in [3.8, 4) is 5.88 Å². The first-order valence-corrected chi connectivity index (χ1v) is 13.5. The molecule has 1 aromatic heterocycles. The quantitative estimate of drug-likeness (QED) is 0.351. The number of aromatic nitrogens is 1. The van der Waals surface area contributed by atoms with Gasteiger partial charge in [-0.2, -0.15) is 0 Å². The Kier molecular flexibility index (Phi) is 8.74. The van der Waals surface area contributed by atoms with Crippen LogP contribution in [0.4, 0.5) is 4.79 Å². The Bertz CT molecular complexity index is 960. The molecular weight excluding hydrogens is 528 g/mol. The van der Waals surface area contributed by atoms with Crippen LogP contribution >= 0.6 is 15.9 Å². The van der Waals surface area contributed by atoms with E-state index in [9.17, 15) is 4.79 Å². The average Bonchev–Trinajstić information content (AvgIpc) is 2.81. The largest absolute Gasteiger partial charge is 0.474 e. The highest BCUT2D eigenvalue weighted by atomic mass is 79.9. The zero-order chi connectivity index (χ0) is 24.7. The number of hydrogen-bond donors (Lipinski definition) is 0. The maximum atomic E-state index is 12.1. The third kappa shape index (κ3) is 7.18. The van der Waals surface area contributed by atoms with Crippen LogP contribution in [-0.2, 0) is 25.6 Å². The minimum absolute atomic E-state index is 0.0650. The second kappa shape index (κ2) is 12.4. The number of carbonyl (C=O) groups excluding carboxylic acids is 1. The zero-order valence-electron chi connectivity index (χ0n) is 20.3. The first kappa shape index (κ1) is 25.4. The fourth-order valence-electron chi connectivity index (χ4n) is 4.50. The molecule has 2 aromatic rings. The predicted molar refractivity (Wildman–Crippen MR) is 136 cm³/mol. The summed E-state index contributed by atoms with van der Waals surface area (Å²) in [7, 11) is 0. The lowest BCUT2D eigenvalue weighted by atomic mass is 9.82. The molecular formula is C27H33BrN2O6. The number of ether oxygens (including phenoxy) is 5. The number of amides is 1. The lowest BCUT2D eigenvalue weighted by Gasteiger charge is -2.39. The van der Waals surface area contributed by atoms with Crippen LogP contribution in [0, 0.1) is 5.92 Å². The van der Waals surface area contributed by atoms with E-state index in [4.69, 9.17) is 23.7 Å². The van der Waals surface area contributed by atoms with E-state index in [0.29, 0.717) is 50.8 Å². The summed E-state index contributed by atoms with van der Waals surface area (Å²) < 4.78 is 29.9. The summed E-state index contributed by atoms with van der Waals surface area (Å²) in [5.41, 5.74) is 0.984. The van der Waals surface area contributed by atoms with E-state index in [1.54, 1.807) is 11.1 Å². The van der Waals surface area contributed by atoms with Gasteiger partial charge < -0.3 is 28.6 Å². The number of hydrogen-bond acceptors (Lipinski definition) is 7. The van der Waals surface area contributed by atoms with Crippen molar-refractivity contribution in [3.63, 3.8) is 0 Å². The molecule has 1 amide bonds. The number of pyridine rings is 1. The van der Waals surface area contributed by atoms with Crippen molar-refractivity contribution in [1.29, 1.82) is 0 Å². The Morgan fingerprint density at radius 2 is 1.61 bits per heavy atom. The molecule has 2 aliphatic carbocycles. The standard InChI is InChI=1S/C27H33BrN2O6/c28-21-6-7-26(29-14-21)36-24-12-23(13-24)34-18-20-10-22(11-20)32-8-9-33-25-15-30(16-25)27(31)35-17-19-4-2-1-3-5-19/h1-7,14,20,22-25H,8-13,15-18H2. The maximum Gasteiger partial charge on any atom is 0.410 e. The molecule has 0 radical (unpaired) electrons. The van der Waals surface area contributed by atoms with Gasteiger partial charge in [0.15, 0.2) is 0 Å². The van der Waals surface area contributed by atoms with Gasteiger partial charge in [-0.1, -0.05) is 30.3 Å². The highest BCUT2D eigenvalue weighted by molar-refractivity contribution is 9.10. The third-order valence-corrected chi connectivity index (χ3v) is 7.37. The number of nitrogens with zero attached hydrogens (tertiary/aromatic N) is 2. The number of carbonyl (C=O) groups is 1. The molecule has 3 fully saturated rings. The summed E-state index contributed by atoms with van der Waals surface area (Å²) in [4.78, 5) is 18.0. The Labute approximate surface area is 220 Å². The third-order valence-electron chi connectivity index (χ3n) is 6.90. The first-order valence-electron chi connectivity index (χ1n) is 12.7. The van der Waals surface area contributed by atoms with Crippen molar-refractivity contribution in [2.24, 2.45) is 5.92 Å². The summed E-state index contributed by atoms with van der Waals surface area (Å²) in [6, 6.07) is 13.5. The number of benzene rings is 1. The summed E-state index contributed by atoms with van der Waals surface area (Å²) in [6.07, 6.45) is 6.24. The molecule has 5 rings (SSSR count). The van der Waals surface area contributed by atoms with E-state index in [1.165, 1.54) is 0 Å². The van der Waals surface area contributed by atoms with Crippen LogP contribution in [0.1, 0.15) is 31.2 Å². The van der Waals surface area contributed by atoms with E-state index in [1.807, 2.05) is 42.5 Å². The van der Waals surface area contributed by atoms with Crippen molar-refractivity contribution >= 4 is 22.0 Å². The monoisotopic (exact) mass is 560 g/mol. The minimum atomic E-state index is -0.288. The smallest absolute Gasteiger partial charge is 0.410 e. The molecule has 0 unspecified atom stereocenters. The molecule has 2 saturated carbocycles. The highest BCUT2D eigenvalue weighted by Crippen LogP contribution is 2.33. The SMILES string of the molecule is O=C(OCc1ccccc1)N1CC(OCCOC2CC(COC3CC(Oc4ccc(Br)cn4)C3)C2)C1. The molecule has 0 N–H and O–H groups in total. The molecule has 9 heteroatoms. The van der Waals surface area contributed by atoms with Crippen LogP contribution in [-0.4, -0.2) is 73.3 Å². The van der Waals surface area contributed by atoms with Gasteiger partial charge in [-0.3, -0.25) is 0 Å². The van der Waals surface area contributed by atoms with Crippen LogP contribution in [0.25, 0.3) is 0 Å². The van der Waals surface area contributed by atoms with Crippen molar-refractivity contribution in [1.82, 2.24) is 9.88 Å². The average molecular weight is 561 g/mol. The molecule has 8 nitrogen and oxygen atoms in total. The van der Waals surface area contributed by atoms with Crippen LogP contribution in [0.15, 0.2) is 53.1 Å². The lowest BCUT2D eigenvalue weighted by Crippen LogP contribution is -2.55. The molecule has 1 saturated heterocycles. The van der Waals surface area contributed by atoms with E-state index in [2.05, 4.69) is 20.9 Å². The van der Waals surface area contributed by atoms with Crippen LogP contribution < -0.4 is 4.74 Å². The van der Waals surface area contributed by atoms with Crippen LogP contribution in [0.2, 0.25) is 0 Å². The van der Waals surface area contributed by atoms with Gasteiger partial charge in [-0.25, -0.2) is 9.78 Å². The molecule has 2 heterocycles. The highest BCUT2D eigenvalue weighted by Gasteiger charge is 2.36. The van der Waals surface area contributed by atoms with E-state index >= 15 is 0 Å². The van der Waals surface area contributed by atoms with Gasteiger partial charge >= 0.3 is 6.09 Å². The molecule has 3 aliphatic rings. The van der Waals surface area contributed by atoms with Crippen LogP contribution in [0.5, 0.6) is 5.88 Å². The fraction of sp³-hybridized carbons (Fsp3) is 0.556. The van der Waals surface area contributed by atoms with Crippen molar-refractivity contribution in [2.75, 3.05) is 32.9 Å². The van der Waals surface area contributed by atoms with Crippen molar-refractivity contribution < 1.29 is 28.5 Å². The van der Waals surface area contributed by atoms with E-state index in [-0.39, 0.29) is 24.4 Å². The van der Waals surface area contributed by atoms with Gasteiger partial charge in [-0.15, -0.1) is 0 Å². The molecule has 36 heavy (non-hydrogen) atoms. The summed E-state index contributed by atoms with van der Waals surface area (Å²) in [5.74, 6) is 1.24. The van der Waals surface area contributed by atoms with Crippen molar-refractivity contribution in [3.05, 3.63) is 58.7 Å². The lowest BCUT2D eigenvalue weighted by molar-refractivity contribution is -0.117. The van der Waals surface area contributed by atoms with Gasteiger partial charge in [0.05, 0.1) is 44.6 Å². The Hall–Kier alpha value is -2.20. The first-order chi connectivity index (χ1) is 17.6. The maximum absolute atomic E-state index is 12.1. The molecule has 0 spiro atoms. The van der Waals surface area contributed by atoms with Crippen LogP contribution in [0.3, 0.4) is 0 Å². The normalized spacial score (nSPS) is 25.4. The predicted octanol–water partition coefficient (Wildman–Crippen LogP) is 4.60. The Balaban J connectivity index is 0.831. The Morgan fingerprint density at radius 1 is 0.889 bits per heavy atom. The summed E-state index contributed by atoms with van der Waals surface area (Å²) in [6.45, 7) is 3.36. The summed E-state index contributed by atoms with van der Waals surface area (Å²) >= 11 is 3.38. The number of halogens is 1. The molecule has 1 aliphatic heterocycles. The molecule has 194 valence electrons. The van der Waals surface area contributed by atoms with Gasteiger partial charge in [0.1, 0.15) is 12.7 Å². The summed E-state index contributed by atoms with van der Waals surface area (Å²) in [5, 5.41) is 0. The number of rotatable bonds is 12. The second-order valence-corrected chi connectivity index (χ2v) is 10.7. The Morgan fingerprint density at radius 3 is 2.33 bits per heavy atom. The topological polar surface area (TPSA) is 79.4 Å². The van der Waals surface area contributed by atoms with Gasteiger partial charge in [0.2, 0.25) is 5.88 Å². The van der Waals surface area contributed by atoms with E-state index in [0.717, 1.165) is 42.3 Å². The second-order valence-electron chi connectivity index (χ2n) is 9.75. The molecule has 1 aromatic carbocycles. The fourth-order valence-corrected chi connectivity index (χ4v) is 4.74. The zero-order valence-corrected chi connectivity index (χ0v) is 21.9. The molecule has 0 atom stereocenters. The number of likely N-dealkylation sites (tertiary alicyclic amines) is 1. The van der Waals surface area contributed by atoms with Gasteiger partial charge in [0.25, 0.3) is 0 Å². The minimum Gasteiger partial charge on any atom is -0.474 e. The van der Waals surface area contributed by atoms with Gasteiger partial charge in [-0.05, 0) is 46.3 Å². The van der Waals surface area contributed by atoms with Crippen molar-refractivity contribution in [2.45, 2.75) is 56.7 Å².